The van der Waals surface area contributed by atoms with Gasteiger partial charge in [-0.3, -0.25) is 14.5 Å². The predicted octanol–water partition coefficient (Wildman–Crippen LogP) is 2.29. The van der Waals surface area contributed by atoms with Crippen molar-refractivity contribution in [1.29, 1.82) is 0 Å². The Labute approximate surface area is 188 Å². The van der Waals surface area contributed by atoms with Gasteiger partial charge in [0.25, 0.3) is 11.8 Å². The molecule has 0 unspecified atom stereocenters. The number of imide groups is 1. The lowest BCUT2D eigenvalue weighted by Crippen LogP contribution is -2.48. The van der Waals surface area contributed by atoms with Crippen molar-refractivity contribution in [1.82, 2.24) is 9.80 Å². The zero-order valence-corrected chi connectivity index (χ0v) is 18.6. The highest BCUT2D eigenvalue weighted by Crippen LogP contribution is 2.36. The third-order valence-corrected chi connectivity index (χ3v) is 5.88. The number of hydrogen-bond donors (Lipinski definition) is 1. The Morgan fingerprint density at radius 1 is 0.969 bits per heavy atom. The zero-order valence-electron chi connectivity index (χ0n) is 18.6. The van der Waals surface area contributed by atoms with Gasteiger partial charge in [-0.25, -0.2) is 4.90 Å². The van der Waals surface area contributed by atoms with E-state index in [0.717, 1.165) is 24.4 Å². The first-order valence-electron chi connectivity index (χ1n) is 11.0. The number of piperazine rings is 1. The van der Waals surface area contributed by atoms with E-state index in [2.05, 4.69) is 4.90 Å². The second-order valence-corrected chi connectivity index (χ2v) is 8.02. The van der Waals surface area contributed by atoms with Gasteiger partial charge < -0.3 is 14.7 Å². The monoisotopic (exact) mass is 435 g/mol. The van der Waals surface area contributed by atoms with Crippen molar-refractivity contribution in [2.75, 3.05) is 50.8 Å². The number of aliphatic hydroxyl groups excluding tert-OH is 1. The third-order valence-electron chi connectivity index (χ3n) is 5.88. The summed E-state index contributed by atoms with van der Waals surface area (Å²) in [5.41, 5.74) is 3.14. The number of carbonyl (C=O) groups excluding carboxylic acids is 2. The van der Waals surface area contributed by atoms with E-state index in [4.69, 9.17) is 4.74 Å². The molecule has 0 saturated carbocycles. The fourth-order valence-corrected chi connectivity index (χ4v) is 4.29. The van der Waals surface area contributed by atoms with Crippen LogP contribution in [0.5, 0.6) is 5.75 Å². The maximum absolute atomic E-state index is 13.6. The molecule has 2 heterocycles. The molecule has 0 atom stereocenters. The van der Waals surface area contributed by atoms with Crippen LogP contribution in [0.3, 0.4) is 0 Å². The van der Waals surface area contributed by atoms with Crippen molar-refractivity contribution >= 4 is 23.1 Å². The molecule has 2 aliphatic heterocycles. The third kappa shape index (κ3) is 4.26. The summed E-state index contributed by atoms with van der Waals surface area (Å²) in [5, 5.41) is 9.23. The van der Waals surface area contributed by atoms with Gasteiger partial charge in [0.05, 0.1) is 24.5 Å². The lowest BCUT2D eigenvalue weighted by molar-refractivity contribution is -0.120. The highest BCUT2D eigenvalue weighted by atomic mass is 16.5. The fraction of sp³-hybridized carbons (Fsp3) is 0.360. The molecule has 7 heteroatoms. The van der Waals surface area contributed by atoms with Gasteiger partial charge in [-0.05, 0) is 49.2 Å². The molecule has 2 aromatic carbocycles. The normalized spacial score (nSPS) is 17.5. The molecule has 1 saturated heterocycles. The Kier molecular flexibility index (Phi) is 6.58. The second kappa shape index (κ2) is 9.54. The Morgan fingerprint density at radius 2 is 1.69 bits per heavy atom. The quantitative estimate of drug-likeness (QED) is 0.673. The van der Waals surface area contributed by atoms with Crippen LogP contribution in [0.15, 0.2) is 54.2 Å². The minimum Gasteiger partial charge on any atom is -0.494 e. The van der Waals surface area contributed by atoms with E-state index in [1.807, 2.05) is 61.2 Å². The molecule has 0 radical (unpaired) electrons. The number of aryl methyl sites for hydroxylation is 1. The Bertz CT molecular complexity index is 1020. The second-order valence-electron chi connectivity index (χ2n) is 8.02. The van der Waals surface area contributed by atoms with Crippen LogP contribution in [-0.4, -0.2) is 72.7 Å². The maximum atomic E-state index is 13.6. The van der Waals surface area contributed by atoms with E-state index >= 15 is 0 Å². The Balaban J connectivity index is 1.72. The summed E-state index contributed by atoms with van der Waals surface area (Å²) in [7, 11) is 0. The summed E-state index contributed by atoms with van der Waals surface area (Å²) in [6.45, 7) is 7.84. The molecule has 2 aromatic rings. The summed E-state index contributed by atoms with van der Waals surface area (Å²) in [4.78, 5) is 32.7. The summed E-state index contributed by atoms with van der Waals surface area (Å²) in [5.74, 6) is 0.126. The predicted molar refractivity (Wildman–Crippen MR) is 123 cm³/mol. The van der Waals surface area contributed by atoms with Crippen LogP contribution < -0.4 is 9.64 Å². The Hall–Kier alpha value is -3.16. The van der Waals surface area contributed by atoms with Crippen LogP contribution in [-0.2, 0) is 9.59 Å². The van der Waals surface area contributed by atoms with Gasteiger partial charge in [-0.1, -0.05) is 24.3 Å². The van der Waals surface area contributed by atoms with Gasteiger partial charge in [0.15, 0.2) is 0 Å². The topological polar surface area (TPSA) is 73.3 Å². The molecular weight excluding hydrogens is 406 g/mol. The Morgan fingerprint density at radius 3 is 2.31 bits per heavy atom. The number of amides is 2. The smallest absolute Gasteiger partial charge is 0.282 e. The summed E-state index contributed by atoms with van der Waals surface area (Å²) >= 11 is 0. The number of carbonyl (C=O) groups is 2. The molecule has 7 nitrogen and oxygen atoms in total. The number of rotatable bonds is 7. The van der Waals surface area contributed by atoms with Gasteiger partial charge in [-0.2, -0.15) is 0 Å². The molecule has 1 fully saturated rings. The maximum Gasteiger partial charge on any atom is 0.282 e. The average molecular weight is 436 g/mol. The summed E-state index contributed by atoms with van der Waals surface area (Å²) in [6, 6.07) is 14.8. The lowest BCUT2D eigenvalue weighted by atomic mass is 10.0. The average Bonchev–Trinajstić information content (AvgIpc) is 3.05. The number of benzene rings is 2. The van der Waals surface area contributed by atoms with Gasteiger partial charge in [0.1, 0.15) is 11.4 Å². The minimum absolute atomic E-state index is 0.110. The number of β-amino-alcohol motifs (C(OH)–C–C–N with tert-alkyl or cyclic N) is 1. The molecular formula is C25H29N3O4. The van der Waals surface area contributed by atoms with E-state index in [9.17, 15) is 14.7 Å². The molecule has 0 aliphatic carbocycles. The zero-order chi connectivity index (χ0) is 22.7. The molecule has 0 spiro atoms. The number of nitrogens with zero attached hydrogens (tertiary/aromatic N) is 3. The largest absolute Gasteiger partial charge is 0.494 e. The van der Waals surface area contributed by atoms with Crippen molar-refractivity contribution in [2.24, 2.45) is 0 Å². The van der Waals surface area contributed by atoms with Gasteiger partial charge in [0, 0.05) is 32.7 Å². The van der Waals surface area contributed by atoms with Gasteiger partial charge in [0.2, 0.25) is 0 Å². The highest BCUT2D eigenvalue weighted by molar-refractivity contribution is 6.45. The standard InChI is InChI=1S/C25H29N3O4/c1-3-32-21-9-7-19(8-10-21)22-23(27-13-11-26(12-14-27)15-16-29)25(31)28(24(22)30)20-6-4-5-18(2)17-20/h4-10,17,29H,3,11-16H2,1-2H3. The van der Waals surface area contributed by atoms with Crippen LogP contribution in [0.25, 0.3) is 5.57 Å². The van der Waals surface area contributed by atoms with Gasteiger partial charge in [-0.15, -0.1) is 0 Å². The molecule has 2 aliphatic rings. The van der Waals surface area contributed by atoms with Crippen LogP contribution >= 0.6 is 0 Å². The van der Waals surface area contributed by atoms with Crippen molar-refractivity contribution in [3.05, 3.63) is 65.4 Å². The molecule has 0 aromatic heterocycles. The first-order chi connectivity index (χ1) is 15.5. The van der Waals surface area contributed by atoms with Crippen LogP contribution in [0.2, 0.25) is 0 Å². The van der Waals surface area contributed by atoms with E-state index in [1.54, 1.807) is 6.07 Å². The van der Waals surface area contributed by atoms with Gasteiger partial charge >= 0.3 is 0 Å². The summed E-state index contributed by atoms with van der Waals surface area (Å²) < 4.78 is 5.54. The molecule has 168 valence electrons. The summed E-state index contributed by atoms with van der Waals surface area (Å²) in [6.07, 6.45) is 0. The number of anilines is 1. The molecule has 2 amide bonds. The van der Waals surface area contributed by atoms with Crippen molar-refractivity contribution in [3.63, 3.8) is 0 Å². The molecule has 32 heavy (non-hydrogen) atoms. The van der Waals surface area contributed by atoms with E-state index in [1.165, 1.54) is 4.90 Å². The van der Waals surface area contributed by atoms with Crippen molar-refractivity contribution < 1.29 is 19.4 Å². The fourth-order valence-electron chi connectivity index (χ4n) is 4.29. The lowest BCUT2D eigenvalue weighted by Gasteiger charge is -2.36. The minimum atomic E-state index is -0.308. The van der Waals surface area contributed by atoms with E-state index in [-0.39, 0.29) is 18.4 Å². The van der Waals surface area contributed by atoms with E-state index < -0.39 is 0 Å². The number of hydrogen-bond acceptors (Lipinski definition) is 6. The first-order valence-corrected chi connectivity index (χ1v) is 11.0. The number of aliphatic hydroxyl groups is 1. The van der Waals surface area contributed by atoms with Crippen LogP contribution in [0.1, 0.15) is 18.1 Å². The van der Waals surface area contributed by atoms with Crippen molar-refractivity contribution in [2.45, 2.75) is 13.8 Å². The molecule has 4 rings (SSSR count). The first kappa shape index (κ1) is 22.0. The number of ether oxygens (including phenoxy) is 1. The van der Waals surface area contributed by atoms with Crippen LogP contribution in [0.4, 0.5) is 5.69 Å². The van der Waals surface area contributed by atoms with Crippen LogP contribution in [0, 0.1) is 6.92 Å². The molecule has 1 N–H and O–H groups in total. The van der Waals surface area contributed by atoms with Crippen molar-refractivity contribution in [3.8, 4) is 5.75 Å². The molecule has 0 bridgehead atoms. The highest BCUT2D eigenvalue weighted by Gasteiger charge is 2.43. The SMILES string of the molecule is CCOc1ccc(C2=C(N3CCN(CCO)CC3)C(=O)N(c3cccc(C)c3)C2=O)cc1. The van der Waals surface area contributed by atoms with E-state index in [0.29, 0.717) is 48.8 Å².